The Morgan fingerprint density at radius 2 is 1.54 bits per heavy atom. The van der Waals surface area contributed by atoms with E-state index in [2.05, 4.69) is 62.5 Å². The molecule has 2 unspecified atom stereocenters. The van der Waals surface area contributed by atoms with Crippen molar-refractivity contribution in [1.29, 1.82) is 0 Å². The number of amides is 2. The number of nitrogens with zero attached hydrogens (tertiary/aromatic N) is 4. The van der Waals surface area contributed by atoms with Gasteiger partial charge in [0.25, 0.3) is 15.6 Å². The number of rotatable bonds is 34. The van der Waals surface area contributed by atoms with Crippen molar-refractivity contribution >= 4 is 69.1 Å². The fraction of sp³-hybridized carbons (Fsp3) is 0.744. The van der Waals surface area contributed by atoms with Crippen molar-refractivity contribution in [1.82, 2.24) is 30.2 Å². The van der Waals surface area contributed by atoms with Crippen molar-refractivity contribution in [2.45, 2.75) is 148 Å². The van der Waals surface area contributed by atoms with Gasteiger partial charge in [-0.15, -0.1) is 0 Å². The van der Waals surface area contributed by atoms with Gasteiger partial charge in [-0.1, -0.05) is 102 Å². The molecule has 3 heterocycles. The van der Waals surface area contributed by atoms with Crippen LogP contribution in [-0.2, 0) is 50.7 Å². The number of allylic oxidation sites excluding steroid dienone is 2. The summed E-state index contributed by atoms with van der Waals surface area (Å²) in [7, 11) is -17.6. The maximum atomic E-state index is 12.6. The Kier molecular flexibility index (Phi) is 25.2. The summed E-state index contributed by atoms with van der Waals surface area (Å²) < 4.78 is 60.8. The number of hydrogen-bond donors (Lipinski definition) is 5. The van der Waals surface area contributed by atoms with Gasteiger partial charge in [-0.25, -0.2) is 19.3 Å². The van der Waals surface area contributed by atoms with Gasteiger partial charge < -0.3 is 69.0 Å². The first-order valence-electron chi connectivity index (χ1n) is 22.2. The summed E-state index contributed by atoms with van der Waals surface area (Å²) >= 11 is 1.14. The van der Waals surface area contributed by atoms with Gasteiger partial charge in [-0.2, -0.15) is 0 Å². The molecule has 382 valence electrons. The van der Waals surface area contributed by atoms with Crippen LogP contribution in [0.1, 0.15) is 123 Å². The van der Waals surface area contributed by atoms with Gasteiger partial charge in [0.2, 0.25) is 11.8 Å². The third-order valence-electron chi connectivity index (χ3n) is 10.4. The Bertz CT molecular complexity index is 2040. The molecule has 2 amide bonds. The lowest BCUT2D eigenvalue weighted by Crippen LogP contribution is -2.46. The number of phosphoric ester groups is 3. The number of aromatic nitrogens is 4. The molecule has 0 bridgehead atoms. The Morgan fingerprint density at radius 3 is 2.19 bits per heavy atom. The van der Waals surface area contributed by atoms with Crippen LogP contribution in [0.2, 0.25) is 0 Å². The standard InChI is InChI=1S/C39H68N7O17P3S/c1-4-5-6-7-8-9-10-11-12-13-14-15-16-17-18-19-30(48)67-23-22-41-29(47)20-21-42-37(51)34(50)39(2,3)25-60-66(57,58)63-65(55,56)59-24-28-33(62-64(52,53)54)32(49)38(61-28)46-27-45-31-35(40)43-26-44-36(31)46/h7-8,26-28,32-34,38,49-50H,4-6,9-25H2,1-3H3,(H,41,47)(H,42,51)(H,55,56)(H,57,58)(H2,40,43,44)(H2,52,53,54)/p-4/b8-7-/t28-,32-,33-,34+,38-/m1/s1. The number of thioether (sulfide) groups is 1. The molecule has 3 rings (SSSR count). The molecule has 24 nitrogen and oxygen atoms in total. The number of nitrogens with two attached hydrogens (primary N) is 1. The van der Waals surface area contributed by atoms with Gasteiger partial charge in [-0.3, -0.25) is 28.1 Å². The molecule has 0 spiro atoms. The van der Waals surface area contributed by atoms with E-state index in [0.717, 1.165) is 48.2 Å². The zero-order valence-corrected chi connectivity index (χ0v) is 41.5. The van der Waals surface area contributed by atoms with Crippen molar-refractivity contribution in [3.05, 3.63) is 24.8 Å². The van der Waals surface area contributed by atoms with Crippen LogP contribution in [0.4, 0.5) is 5.82 Å². The second-order valence-corrected chi connectivity index (χ2v) is 21.8. The average molecular weight is 1030 g/mol. The van der Waals surface area contributed by atoms with E-state index in [1.807, 2.05) is 0 Å². The first-order valence-corrected chi connectivity index (χ1v) is 27.5. The number of fused-ring (bicyclic) bond motifs is 1. The minimum atomic E-state index is -5.92. The molecule has 1 fully saturated rings. The Hall–Kier alpha value is -2.70. The fourth-order valence-electron chi connectivity index (χ4n) is 6.67. The number of imidazole rings is 1. The summed E-state index contributed by atoms with van der Waals surface area (Å²) in [6.45, 7) is 2.38. The largest absolute Gasteiger partial charge is 0.790 e. The summed E-state index contributed by atoms with van der Waals surface area (Å²) in [5.41, 5.74) is 4.09. The van der Waals surface area contributed by atoms with E-state index in [0.29, 0.717) is 12.2 Å². The second kappa shape index (κ2) is 28.8. The highest BCUT2D eigenvalue weighted by Crippen LogP contribution is 2.56. The molecule has 28 heteroatoms. The molecular weight excluding hydrogens is 963 g/mol. The van der Waals surface area contributed by atoms with Crippen molar-refractivity contribution < 1.29 is 80.5 Å². The van der Waals surface area contributed by atoms with Gasteiger partial charge in [-0.05, 0) is 25.7 Å². The van der Waals surface area contributed by atoms with Crippen LogP contribution < -0.4 is 35.9 Å². The number of nitrogens with one attached hydrogen (secondary N) is 2. The third-order valence-corrected chi connectivity index (χ3v) is 14.3. The molecule has 2 aromatic heterocycles. The monoisotopic (exact) mass is 1030 g/mol. The molecule has 1 aliphatic heterocycles. The lowest BCUT2D eigenvalue weighted by atomic mass is 9.87. The summed E-state index contributed by atoms with van der Waals surface area (Å²) in [6, 6.07) is 0. The number of carbonyl (C=O) groups excluding carboxylic acids is 3. The summed E-state index contributed by atoms with van der Waals surface area (Å²) in [5.74, 6) is -1.13. The molecule has 1 aliphatic rings. The van der Waals surface area contributed by atoms with E-state index in [1.165, 1.54) is 78.1 Å². The molecule has 67 heavy (non-hydrogen) atoms. The highest BCUT2D eigenvalue weighted by atomic mass is 32.2. The van der Waals surface area contributed by atoms with E-state index >= 15 is 0 Å². The maximum absolute atomic E-state index is 12.6. The Labute approximate surface area is 394 Å². The van der Waals surface area contributed by atoms with Crippen LogP contribution in [0.3, 0.4) is 0 Å². The Morgan fingerprint density at radius 1 is 0.910 bits per heavy atom. The van der Waals surface area contributed by atoms with Crippen LogP contribution in [-0.4, -0.2) is 103 Å². The number of phosphoric acid groups is 3. The van der Waals surface area contributed by atoms with Crippen LogP contribution in [0.5, 0.6) is 0 Å². The maximum Gasteiger partial charge on any atom is 0.274 e. The molecular formula is C39H64N7O17P3S-4. The summed E-state index contributed by atoms with van der Waals surface area (Å²) in [5, 5.41) is 26.5. The minimum Gasteiger partial charge on any atom is -0.790 e. The van der Waals surface area contributed by atoms with E-state index in [4.69, 9.17) is 10.5 Å². The summed E-state index contributed by atoms with van der Waals surface area (Å²) in [6.07, 6.45) is 12.7. The number of hydrogen-bond acceptors (Lipinski definition) is 22. The minimum absolute atomic E-state index is 0.0186. The number of unbranched alkanes of at least 4 members (excludes halogenated alkanes) is 11. The van der Waals surface area contributed by atoms with E-state index in [-0.39, 0.29) is 41.6 Å². The molecule has 0 saturated carbocycles. The predicted octanol–water partition coefficient (Wildman–Crippen LogP) is 2.17. The van der Waals surface area contributed by atoms with Crippen molar-refractivity contribution in [2.75, 3.05) is 37.8 Å². The summed E-state index contributed by atoms with van der Waals surface area (Å²) in [4.78, 5) is 96.8. The average Bonchev–Trinajstić information content (AvgIpc) is 3.81. The first kappa shape index (κ1) is 58.6. The Balaban J connectivity index is 1.30. The fourth-order valence-corrected chi connectivity index (χ4v) is 10.1. The molecule has 0 radical (unpaired) electrons. The highest BCUT2D eigenvalue weighted by Gasteiger charge is 2.47. The first-order chi connectivity index (χ1) is 31.6. The number of carbonyl (C=O) groups is 3. The van der Waals surface area contributed by atoms with E-state index in [1.54, 1.807) is 0 Å². The molecule has 6 N–H and O–H groups in total. The van der Waals surface area contributed by atoms with Crippen LogP contribution in [0, 0.1) is 5.41 Å². The quantitative estimate of drug-likeness (QED) is 0.0381. The number of nitrogen functional groups attached to an aromatic ring is 1. The van der Waals surface area contributed by atoms with Crippen LogP contribution >= 0.6 is 35.2 Å². The number of ether oxygens (including phenoxy) is 1. The van der Waals surface area contributed by atoms with E-state index in [9.17, 15) is 57.9 Å². The third kappa shape index (κ3) is 21.9. The predicted molar refractivity (Wildman–Crippen MR) is 238 cm³/mol. The van der Waals surface area contributed by atoms with Crippen LogP contribution in [0.25, 0.3) is 11.2 Å². The van der Waals surface area contributed by atoms with Crippen LogP contribution in [0.15, 0.2) is 24.8 Å². The van der Waals surface area contributed by atoms with Gasteiger partial charge in [0.05, 0.1) is 27.4 Å². The highest BCUT2D eigenvalue weighted by molar-refractivity contribution is 8.13. The SMILES string of the molecule is CCCC/C=C\CCCCCCCCCCCC(=O)SCCNC(=O)CCNC(=O)[C@H](O)C(C)(C)COP(=O)([O-])OP(=O)([O-])OC[C@H]1O[C@@H](n2cnc3c(N)ncnc32)[C@H](O)[C@@H]1OP(=O)([O-])[O-]. The van der Waals surface area contributed by atoms with Gasteiger partial charge in [0.1, 0.15) is 36.3 Å². The molecule has 2 aromatic rings. The lowest BCUT2D eigenvalue weighted by Gasteiger charge is -2.36. The smallest absolute Gasteiger partial charge is 0.274 e. The number of anilines is 1. The normalized spacial score (nSPS) is 20.2. The number of aliphatic hydroxyl groups is 2. The van der Waals surface area contributed by atoms with Crippen molar-refractivity contribution in [3.63, 3.8) is 0 Å². The molecule has 0 aliphatic carbocycles. The molecule has 0 aromatic carbocycles. The molecule has 7 atom stereocenters. The van der Waals surface area contributed by atoms with Gasteiger partial charge in [0, 0.05) is 37.1 Å². The lowest BCUT2D eigenvalue weighted by molar-refractivity contribution is -0.347. The van der Waals surface area contributed by atoms with Crippen molar-refractivity contribution in [2.24, 2.45) is 5.41 Å². The van der Waals surface area contributed by atoms with Crippen molar-refractivity contribution in [3.8, 4) is 0 Å². The van der Waals surface area contributed by atoms with E-state index < -0.39 is 84.6 Å². The molecule has 1 saturated heterocycles. The second-order valence-electron chi connectivity index (χ2n) is 16.5. The number of aliphatic hydroxyl groups excluding tert-OH is 2. The van der Waals surface area contributed by atoms with Gasteiger partial charge in [0.15, 0.2) is 22.8 Å². The van der Waals surface area contributed by atoms with Gasteiger partial charge >= 0.3 is 0 Å². The zero-order valence-electron chi connectivity index (χ0n) is 38.0. The topological polar surface area (TPSA) is 375 Å². The zero-order chi connectivity index (χ0) is 49.7.